The number of carboxylic acid groups (broad SMARTS) is 1. The van der Waals surface area contributed by atoms with Gasteiger partial charge < -0.3 is 92.8 Å². The maximum atomic E-state index is 13.1. The Morgan fingerprint density at radius 3 is 0.850 bits per heavy atom. The van der Waals surface area contributed by atoms with E-state index < -0.39 is 29.6 Å². The fourth-order valence-corrected chi connectivity index (χ4v) is 20.8. The largest absolute Gasteiger partial charge is 0.489 e. The lowest BCUT2D eigenvalue weighted by molar-refractivity contribution is 0.0593. The van der Waals surface area contributed by atoms with Gasteiger partial charge in [0.15, 0.2) is 35.5 Å². The highest BCUT2D eigenvalue weighted by molar-refractivity contribution is 7.20. The molecule has 3 aliphatic heterocycles. The van der Waals surface area contributed by atoms with Crippen LogP contribution in [0.25, 0.3) is 42.3 Å². The van der Waals surface area contributed by atoms with Gasteiger partial charge in [-0.05, 0) is 183 Å². The Labute approximate surface area is 802 Å². The van der Waals surface area contributed by atoms with Crippen molar-refractivity contribution in [2.45, 2.75) is 134 Å². The number of primary amides is 4. The highest BCUT2D eigenvalue weighted by Gasteiger charge is 2.31. The van der Waals surface area contributed by atoms with Gasteiger partial charge in [-0.3, -0.25) is 38.5 Å². The van der Waals surface area contributed by atoms with E-state index in [1.165, 1.54) is 79.4 Å². The summed E-state index contributed by atoms with van der Waals surface area (Å²) >= 11 is 10.8. The zero-order valence-electron chi connectivity index (χ0n) is 76.5. The molecule has 3 fully saturated rings. The number of anilines is 8. The molecule has 0 aliphatic carbocycles. The second-order valence-corrected chi connectivity index (χ2v) is 39.8. The number of thiazole rings is 8. The number of likely N-dealkylation sites (N-methyl/N-ethyl adjacent to an activating group) is 2. The summed E-state index contributed by atoms with van der Waals surface area (Å²) in [5, 5.41) is 33.6. The Balaban J connectivity index is 0.000000161. The average molecular weight is 1960 g/mol. The number of carbonyl (C=O) groups excluding carboxylic acids is 7. The Hall–Kier alpha value is -12.0. The third kappa shape index (κ3) is 26.3. The van der Waals surface area contributed by atoms with Gasteiger partial charge in [-0.25, -0.2) is 44.7 Å². The number of piperazine rings is 3. The number of nitrogens with one attached hydrogen (secondary N) is 4. The molecule has 8 aromatic heterocycles. The van der Waals surface area contributed by atoms with E-state index in [1.54, 1.807) is 79.7 Å². The van der Waals surface area contributed by atoms with Crippen molar-refractivity contribution in [1.82, 2.24) is 69.3 Å². The summed E-state index contributed by atoms with van der Waals surface area (Å²) in [6, 6.07) is 20.5. The number of amides is 7. The van der Waals surface area contributed by atoms with Crippen LogP contribution in [0.1, 0.15) is 180 Å². The molecule has 15 rings (SSSR count). The molecule has 133 heavy (non-hydrogen) atoms. The average Bonchev–Trinajstić information content (AvgIpc) is 1.68. The summed E-state index contributed by atoms with van der Waals surface area (Å²) in [6.07, 6.45) is -0.173. The number of ether oxygens (including phenoxy) is 4. The quantitative estimate of drug-likeness (QED) is 0.0202. The first kappa shape index (κ1) is 100.0. The highest BCUT2D eigenvalue weighted by Crippen LogP contribution is 2.42. The maximum absolute atomic E-state index is 13.1. The smallest absolute Gasteiger partial charge is 0.365 e. The van der Waals surface area contributed by atoms with Gasteiger partial charge in [0, 0.05) is 128 Å². The van der Waals surface area contributed by atoms with Crippen LogP contribution < -0.4 is 63.1 Å². The van der Waals surface area contributed by atoms with E-state index >= 15 is 0 Å². The first-order chi connectivity index (χ1) is 63.3. The number of hydrogen-bond donors (Lipinski definition) is 9. The summed E-state index contributed by atoms with van der Waals surface area (Å²) in [5.74, 6) is -0.849. The predicted molar refractivity (Wildman–Crippen MR) is 529 cm³/mol. The number of aryl methyl sites for hydroxylation is 4. The number of aromatic carboxylic acids is 1. The van der Waals surface area contributed by atoms with E-state index in [0.29, 0.717) is 152 Å². The minimum Gasteiger partial charge on any atom is -0.489 e. The molecule has 11 heterocycles. The van der Waals surface area contributed by atoms with Crippen molar-refractivity contribution in [3.63, 3.8) is 0 Å². The number of carboxylic acids is 1. The lowest BCUT2D eigenvalue weighted by Gasteiger charge is -2.36. The Morgan fingerprint density at radius 2 is 0.617 bits per heavy atom. The van der Waals surface area contributed by atoms with Gasteiger partial charge in [-0.1, -0.05) is 6.92 Å². The number of aromatic nitrogens is 8. The third-order valence-electron chi connectivity index (χ3n) is 20.6. The Bertz CT molecular complexity index is 6160. The minimum atomic E-state index is -1.06. The van der Waals surface area contributed by atoms with Gasteiger partial charge >= 0.3 is 5.97 Å². The number of rotatable bonds is 30. The molecule has 0 saturated carbocycles. The van der Waals surface area contributed by atoms with Crippen LogP contribution in [0, 0.1) is 27.7 Å². The van der Waals surface area contributed by atoms with Gasteiger partial charge in [-0.15, -0.1) is 90.7 Å². The van der Waals surface area contributed by atoms with Crippen molar-refractivity contribution in [3.05, 3.63) is 159 Å². The molecule has 0 spiro atoms. The van der Waals surface area contributed by atoms with Crippen LogP contribution in [-0.2, 0) is 0 Å². The monoisotopic (exact) mass is 1960 g/mol. The van der Waals surface area contributed by atoms with Crippen LogP contribution in [0.15, 0.2) is 94.3 Å². The molecule has 704 valence electrons. The van der Waals surface area contributed by atoms with Crippen molar-refractivity contribution >= 4 is 181 Å². The molecule has 4 aromatic carbocycles. The SMILES string of the molecule is CCN1CCN(C(=O)c2nc(C)c(-c3csc(Nc4cc(C(N)=O)ccc4OC(C)C)n3)s2)CC1.Cc1nc(C(=O)N2CCN(C(C)C)CC2)sc1-c1csc(Nc2cc(C(N)=O)ccc2OC(C)C)n1.Cc1nc(C(=O)N2CCN(C)CC2)sc1-c1csc(Nc2cc(C(N)=O)ccc2OC(C)C)n1.Cc1nc(C(=O)O)sc1-c1csc(Nc2cc(C(N)=O)ccc2OC(C)C)n1. The lowest BCUT2D eigenvalue weighted by atomic mass is 10.1. The minimum absolute atomic E-state index is 0.0209. The standard InChI is InChI=1S/C25H32N6O3S2.C24H30N6O3S2.C23H28N6O3S2.C18H18N4O4S2/c1-14(2)30-8-10-31(11-9-30)24(33)23-27-16(5)21(36-23)19-13-35-25(29-19)28-18-12-17(22(26)32)6-7-20(18)34-15(3)4;1-5-29-8-10-30(11-9-29)23(32)22-26-15(4)20(35-22)18-13-34-24(28-18)27-17-12-16(21(25)31)6-7-19(17)33-14(2)3;1-13(2)32-18-6-5-15(20(24)30)11-16(18)26-23-27-17(12-33-23)19-14(3)25-21(34-19)22(31)29-9-7-28(4)8-10-29;1-8(2)26-13-5-4-10(15(19)23)6-11(13)21-18-22-12(7-27-18)14-9(3)20-16(28-14)17(24)25/h6-7,12-15H,8-11H2,1-5H3,(H2,26,32)(H,28,29);6-7,12-14H,5,8-11H2,1-4H3,(H2,25,31)(H,27,28);5-6,11-13H,7-10H2,1-4H3,(H2,24,30)(H,26,27);4-8H,1-3H3,(H2,19,23)(H,21,22)(H,24,25). The Kier molecular flexibility index (Phi) is 33.9. The predicted octanol–water partition coefficient (Wildman–Crippen LogP) is 15.8. The molecule has 0 radical (unpaired) electrons. The van der Waals surface area contributed by atoms with Crippen molar-refractivity contribution in [2.75, 3.05) is 113 Å². The van der Waals surface area contributed by atoms with Crippen LogP contribution in [0.4, 0.5) is 43.3 Å². The van der Waals surface area contributed by atoms with Gasteiger partial charge in [0.1, 0.15) is 23.0 Å². The fraction of sp³-hybridized carbons (Fsp3) is 0.378. The molecule has 43 heteroatoms. The first-order valence-corrected chi connectivity index (χ1v) is 49.6. The maximum Gasteiger partial charge on any atom is 0.365 e. The summed E-state index contributed by atoms with van der Waals surface area (Å²) in [6.45, 7) is 39.9. The second kappa shape index (κ2) is 45.1. The van der Waals surface area contributed by atoms with Crippen molar-refractivity contribution in [3.8, 4) is 65.3 Å². The number of hydrogen-bond acceptors (Lipinski definition) is 35. The van der Waals surface area contributed by atoms with Gasteiger partial charge in [-0.2, -0.15) is 0 Å². The molecule has 12 aromatic rings. The number of nitrogens with two attached hydrogens (primary N) is 4. The molecule has 0 bridgehead atoms. The molecule has 0 atom stereocenters. The van der Waals surface area contributed by atoms with Crippen molar-refractivity contribution < 1.29 is 62.4 Å². The number of benzene rings is 4. The lowest BCUT2D eigenvalue weighted by Crippen LogP contribution is -2.50. The highest BCUT2D eigenvalue weighted by atomic mass is 32.1. The molecule has 3 saturated heterocycles. The zero-order chi connectivity index (χ0) is 95.9. The number of nitrogens with zero attached hydrogens (tertiary/aromatic N) is 14. The van der Waals surface area contributed by atoms with Crippen LogP contribution >= 0.6 is 90.7 Å². The van der Waals surface area contributed by atoms with Gasteiger partial charge in [0.2, 0.25) is 28.6 Å². The summed E-state index contributed by atoms with van der Waals surface area (Å²) in [5.41, 5.74) is 31.4. The topological polar surface area (TPSA) is 468 Å². The van der Waals surface area contributed by atoms with Gasteiger partial charge in [0.05, 0.1) is 112 Å². The fourth-order valence-electron chi connectivity index (χ4n) is 13.8. The molecule has 0 unspecified atom stereocenters. The molecular weight excluding hydrogens is 1850 g/mol. The van der Waals surface area contributed by atoms with Crippen LogP contribution in [-0.4, -0.2) is 244 Å². The van der Waals surface area contributed by atoms with Gasteiger partial charge in [0.25, 0.3) is 17.7 Å². The first-order valence-electron chi connectivity index (χ1n) is 42.8. The number of carbonyl (C=O) groups is 8. The second-order valence-electron chi connectivity index (χ2n) is 32.4. The Morgan fingerprint density at radius 1 is 0.368 bits per heavy atom. The van der Waals surface area contributed by atoms with Crippen LogP contribution in [0.5, 0.6) is 23.0 Å². The summed E-state index contributed by atoms with van der Waals surface area (Å²) < 4.78 is 23.4. The van der Waals surface area contributed by atoms with E-state index in [1.807, 2.05) is 112 Å². The normalized spacial score (nSPS) is 13.7. The molecule has 7 amide bonds. The van der Waals surface area contributed by atoms with Crippen molar-refractivity contribution in [2.24, 2.45) is 22.9 Å². The third-order valence-corrected chi connectivity index (χ3v) is 28.3. The molecule has 35 nitrogen and oxygen atoms in total. The van der Waals surface area contributed by atoms with E-state index in [9.17, 15) is 38.4 Å². The van der Waals surface area contributed by atoms with E-state index in [2.05, 4.69) is 88.7 Å². The van der Waals surface area contributed by atoms with E-state index in [4.69, 9.17) is 61.9 Å². The van der Waals surface area contributed by atoms with E-state index in [0.717, 1.165) is 119 Å². The molecular formula is C90H108N22O13S8. The van der Waals surface area contributed by atoms with Crippen LogP contribution in [0.3, 0.4) is 0 Å². The van der Waals surface area contributed by atoms with E-state index in [-0.39, 0.29) is 47.1 Å². The molecule has 13 N–H and O–H groups in total. The molecule has 3 aliphatic rings. The van der Waals surface area contributed by atoms with Crippen molar-refractivity contribution in [1.29, 1.82) is 0 Å². The van der Waals surface area contributed by atoms with Crippen LogP contribution in [0.2, 0.25) is 0 Å². The zero-order valence-corrected chi connectivity index (χ0v) is 83.0. The summed E-state index contributed by atoms with van der Waals surface area (Å²) in [4.78, 5) is 149. The summed E-state index contributed by atoms with van der Waals surface area (Å²) in [7, 11) is 2.06.